The van der Waals surface area contributed by atoms with Crippen LogP contribution in [0.2, 0.25) is 0 Å². The fraction of sp³-hybridized carbons (Fsp3) is 0.526. The molecule has 0 saturated carbocycles. The van der Waals surface area contributed by atoms with Gasteiger partial charge in [-0.3, -0.25) is 4.79 Å². The number of rotatable bonds is 1. The Labute approximate surface area is 141 Å². The first kappa shape index (κ1) is 15.7. The first-order valence-electron chi connectivity index (χ1n) is 8.37. The van der Waals surface area contributed by atoms with Crippen molar-refractivity contribution in [2.24, 2.45) is 0 Å². The molecule has 1 saturated heterocycles. The number of fused-ring (bicyclic) bond motifs is 1. The van der Waals surface area contributed by atoms with Crippen molar-refractivity contribution in [1.82, 2.24) is 4.90 Å². The Bertz CT molecular complexity index is 758. The SMILES string of the molecule is COc1ccc(C)c2c1O[C@H]1C(=O)C=CC3(O)[C@@H](C)N(C)CC[C@]213. The summed E-state index contributed by atoms with van der Waals surface area (Å²) in [4.78, 5) is 14.8. The lowest BCUT2D eigenvalue weighted by molar-refractivity contribution is -0.146. The highest BCUT2D eigenvalue weighted by Crippen LogP contribution is 2.60. The smallest absolute Gasteiger partial charge is 0.196 e. The number of likely N-dealkylation sites (N-methyl/N-ethyl adjacent to an activating group) is 1. The summed E-state index contributed by atoms with van der Waals surface area (Å²) in [6, 6.07) is 3.71. The van der Waals surface area contributed by atoms with Gasteiger partial charge in [0, 0.05) is 11.6 Å². The van der Waals surface area contributed by atoms with E-state index in [1.807, 2.05) is 33.0 Å². The third kappa shape index (κ3) is 1.59. The fourth-order valence-corrected chi connectivity index (χ4v) is 4.85. The van der Waals surface area contributed by atoms with Gasteiger partial charge in [0.25, 0.3) is 0 Å². The molecular weight excluding hydrogens is 306 g/mol. The fourth-order valence-electron chi connectivity index (χ4n) is 4.85. The molecule has 1 aromatic carbocycles. The Hall–Kier alpha value is -1.85. The number of hydrogen-bond acceptors (Lipinski definition) is 5. The Morgan fingerprint density at radius 2 is 2.17 bits per heavy atom. The number of piperidine rings is 1. The highest BCUT2D eigenvalue weighted by atomic mass is 16.5. The second-order valence-corrected chi connectivity index (χ2v) is 7.23. The largest absolute Gasteiger partial charge is 0.493 e. The lowest BCUT2D eigenvalue weighted by Crippen LogP contribution is -2.71. The van der Waals surface area contributed by atoms with Crippen molar-refractivity contribution in [2.75, 3.05) is 20.7 Å². The molecule has 1 aliphatic carbocycles. The minimum atomic E-state index is -1.17. The van der Waals surface area contributed by atoms with Crippen LogP contribution < -0.4 is 9.47 Å². The molecule has 1 unspecified atom stereocenters. The second kappa shape index (κ2) is 4.83. The Balaban J connectivity index is 2.05. The van der Waals surface area contributed by atoms with E-state index in [2.05, 4.69) is 4.90 Å². The molecule has 24 heavy (non-hydrogen) atoms. The van der Waals surface area contributed by atoms with Crippen LogP contribution in [0.25, 0.3) is 0 Å². The van der Waals surface area contributed by atoms with Gasteiger partial charge in [0.2, 0.25) is 0 Å². The molecule has 0 bridgehead atoms. The maximum atomic E-state index is 12.7. The number of nitrogens with zero attached hydrogens (tertiary/aromatic N) is 1. The zero-order valence-corrected chi connectivity index (χ0v) is 14.5. The maximum Gasteiger partial charge on any atom is 0.196 e. The summed E-state index contributed by atoms with van der Waals surface area (Å²) in [6.45, 7) is 4.80. The third-order valence-corrected chi connectivity index (χ3v) is 6.31. The predicted octanol–water partition coefficient (Wildman–Crippen LogP) is 1.60. The molecule has 1 aromatic rings. The number of methoxy groups -OCH3 is 1. The molecule has 5 nitrogen and oxygen atoms in total. The van der Waals surface area contributed by atoms with E-state index in [0.717, 1.165) is 17.7 Å². The van der Waals surface area contributed by atoms with Crippen molar-refractivity contribution < 1.29 is 19.4 Å². The molecule has 1 N–H and O–H groups in total. The molecule has 128 valence electrons. The summed E-state index contributed by atoms with van der Waals surface area (Å²) in [5.41, 5.74) is 0.0122. The van der Waals surface area contributed by atoms with E-state index in [-0.39, 0.29) is 11.8 Å². The van der Waals surface area contributed by atoms with Crippen molar-refractivity contribution in [2.45, 2.75) is 43.4 Å². The minimum Gasteiger partial charge on any atom is -0.493 e. The average Bonchev–Trinajstić information content (AvgIpc) is 2.93. The van der Waals surface area contributed by atoms with E-state index >= 15 is 0 Å². The van der Waals surface area contributed by atoms with E-state index in [0.29, 0.717) is 17.9 Å². The van der Waals surface area contributed by atoms with Gasteiger partial charge < -0.3 is 19.5 Å². The quantitative estimate of drug-likeness (QED) is 0.848. The molecule has 4 atom stereocenters. The van der Waals surface area contributed by atoms with Crippen LogP contribution in [-0.2, 0) is 10.2 Å². The van der Waals surface area contributed by atoms with Gasteiger partial charge in [0.1, 0.15) is 5.60 Å². The molecule has 3 aliphatic rings. The van der Waals surface area contributed by atoms with E-state index in [1.54, 1.807) is 13.2 Å². The summed E-state index contributed by atoms with van der Waals surface area (Å²) in [6.07, 6.45) is 3.12. The number of aliphatic hydroxyl groups is 1. The number of benzene rings is 1. The normalized spacial score (nSPS) is 37.5. The van der Waals surface area contributed by atoms with Crippen molar-refractivity contribution in [3.63, 3.8) is 0 Å². The molecule has 0 aromatic heterocycles. The molecule has 2 aliphatic heterocycles. The molecular formula is C19H23NO4. The van der Waals surface area contributed by atoms with Gasteiger partial charge in [-0.15, -0.1) is 0 Å². The molecule has 1 spiro atoms. The van der Waals surface area contributed by atoms with Crippen LogP contribution in [-0.4, -0.2) is 54.2 Å². The molecule has 0 radical (unpaired) electrons. The average molecular weight is 329 g/mol. The van der Waals surface area contributed by atoms with Crippen molar-refractivity contribution >= 4 is 5.78 Å². The number of ketones is 1. The third-order valence-electron chi connectivity index (χ3n) is 6.31. The molecule has 1 fully saturated rings. The summed E-state index contributed by atoms with van der Waals surface area (Å²) in [5, 5.41) is 11.7. The number of aryl methyl sites for hydroxylation is 1. The van der Waals surface area contributed by atoms with Crippen LogP contribution in [0.1, 0.15) is 24.5 Å². The predicted molar refractivity (Wildman–Crippen MR) is 89.6 cm³/mol. The molecule has 4 rings (SSSR count). The van der Waals surface area contributed by atoms with Gasteiger partial charge >= 0.3 is 0 Å². The first-order valence-corrected chi connectivity index (χ1v) is 8.37. The summed E-state index contributed by atoms with van der Waals surface area (Å²) >= 11 is 0. The van der Waals surface area contributed by atoms with Crippen LogP contribution in [0.4, 0.5) is 0 Å². The Morgan fingerprint density at radius 3 is 2.88 bits per heavy atom. The number of ether oxygens (including phenoxy) is 2. The van der Waals surface area contributed by atoms with Crippen molar-refractivity contribution in [3.05, 3.63) is 35.4 Å². The summed E-state index contributed by atoms with van der Waals surface area (Å²) < 4.78 is 11.6. The van der Waals surface area contributed by atoms with Crippen LogP contribution in [0, 0.1) is 6.92 Å². The van der Waals surface area contributed by atoms with Crippen molar-refractivity contribution in [3.8, 4) is 11.5 Å². The van der Waals surface area contributed by atoms with Gasteiger partial charge in [0.15, 0.2) is 23.4 Å². The first-order chi connectivity index (χ1) is 11.4. The monoisotopic (exact) mass is 329 g/mol. The number of hydrogen-bond donors (Lipinski definition) is 1. The van der Waals surface area contributed by atoms with E-state index in [9.17, 15) is 9.90 Å². The summed E-state index contributed by atoms with van der Waals surface area (Å²) in [7, 11) is 3.60. The van der Waals surface area contributed by atoms with E-state index in [1.165, 1.54) is 6.08 Å². The summed E-state index contributed by atoms with van der Waals surface area (Å²) in [5.74, 6) is 1.13. The van der Waals surface area contributed by atoms with E-state index in [4.69, 9.17) is 9.47 Å². The second-order valence-electron chi connectivity index (χ2n) is 7.23. The van der Waals surface area contributed by atoms with Gasteiger partial charge in [-0.1, -0.05) is 6.07 Å². The molecule has 0 amide bonds. The zero-order chi connectivity index (χ0) is 17.3. The highest BCUT2D eigenvalue weighted by molar-refractivity contribution is 5.98. The zero-order valence-electron chi connectivity index (χ0n) is 14.5. The lowest BCUT2D eigenvalue weighted by Gasteiger charge is -2.56. The van der Waals surface area contributed by atoms with Crippen molar-refractivity contribution in [1.29, 1.82) is 0 Å². The van der Waals surface area contributed by atoms with Gasteiger partial charge in [-0.25, -0.2) is 0 Å². The Morgan fingerprint density at radius 1 is 1.42 bits per heavy atom. The molecule has 5 heteroatoms. The van der Waals surface area contributed by atoms with Crippen LogP contribution >= 0.6 is 0 Å². The minimum absolute atomic E-state index is 0.0888. The number of likely N-dealkylation sites (tertiary alicyclic amines) is 1. The topological polar surface area (TPSA) is 59.0 Å². The highest BCUT2D eigenvalue weighted by Gasteiger charge is 2.68. The van der Waals surface area contributed by atoms with Gasteiger partial charge in [0.05, 0.1) is 12.5 Å². The van der Waals surface area contributed by atoms with E-state index < -0.39 is 17.1 Å². The van der Waals surface area contributed by atoms with Gasteiger partial charge in [-0.05, 0) is 57.6 Å². The lowest BCUT2D eigenvalue weighted by atomic mass is 9.55. The van der Waals surface area contributed by atoms with Crippen LogP contribution in [0.3, 0.4) is 0 Å². The standard InChI is InChI=1S/C19H23NO4/c1-11-5-6-14(23-4)16-15(11)18-9-10-20(3)12(2)19(18,22)8-7-13(21)17(18)24-16/h5-8,12,17,22H,9-10H2,1-4H3/t12-,17+,18+,19?/m1/s1. The van der Waals surface area contributed by atoms with Gasteiger partial charge in [-0.2, -0.15) is 0 Å². The number of carbonyl (C=O) groups excluding carboxylic acids is 1. The van der Waals surface area contributed by atoms with Crippen LogP contribution in [0.15, 0.2) is 24.3 Å². The maximum absolute atomic E-state index is 12.7. The number of carbonyl (C=O) groups is 1. The van der Waals surface area contributed by atoms with Crippen LogP contribution in [0.5, 0.6) is 11.5 Å². The molecule has 2 heterocycles. The Kier molecular flexibility index (Phi) is 3.15.